The van der Waals surface area contributed by atoms with Crippen LogP contribution in [0.3, 0.4) is 0 Å². The Kier molecular flexibility index (Phi) is 2.06. The van der Waals surface area contributed by atoms with Crippen molar-refractivity contribution in [1.82, 2.24) is 4.98 Å². The van der Waals surface area contributed by atoms with E-state index < -0.39 is 5.97 Å². The van der Waals surface area contributed by atoms with E-state index in [4.69, 9.17) is 5.73 Å². The summed E-state index contributed by atoms with van der Waals surface area (Å²) >= 11 is 0. The fraction of sp³-hybridized carbons (Fsp3) is 0.143. The van der Waals surface area contributed by atoms with Crippen LogP contribution in [0.5, 0.6) is 5.88 Å². The number of pyridine rings is 1. The lowest BCUT2D eigenvalue weighted by Crippen LogP contribution is -2.03. The summed E-state index contributed by atoms with van der Waals surface area (Å²) in [5.41, 5.74) is 5.33. The Morgan fingerprint density at radius 3 is 2.91 bits per heavy atom. The summed E-state index contributed by atoms with van der Waals surface area (Å²) in [5, 5.41) is 0. The molecule has 0 aliphatic carbocycles. The van der Waals surface area contributed by atoms with Gasteiger partial charge in [0.1, 0.15) is 5.82 Å². The lowest BCUT2D eigenvalue weighted by molar-refractivity contribution is -0.132. The van der Waals surface area contributed by atoms with Gasteiger partial charge in [-0.2, -0.15) is 4.98 Å². The first-order valence-electron chi connectivity index (χ1n) is 3.09. The molecule has 0 radical (unpaired) electrons. The number of esters is 1. The van der Waals surface area contributed by atoms with Crippen molar-refractivity contribution in [2.45, 2.75) is 6.92 Å². The lowest BCUT2D eigenvalue weighted by Gasteiger charge is -1.98. The van der Waals surface area contributed by atoms with E-state index in [9.17, 15) is 4.79 Å². The maximum Gasteiger partial charge on any atom is 0.309 e. The third-order valence-corrected chi connectivity index (χ3v) is 0.993. The number of nitrogens with zero attached hydrogens (tertiary/aromatic N) is 1. The van der Waals surface area contributed by atoms with Crippen LogP contribution in [0.25, 0.3) is 0 Å². The van der Waals surface area contributed by atoms with Crippen LogP contribution >= 0.6 is 0 Å². The second kappa shape index (κ2) is 3.01. The summed E-state index contributed by atoms with van der Waals surface area (Å²) < 4.78 is 4.66. The number of hydrogen-bond donors (Lipinski definition) is 1. The van der Waals surface area contributed by atoms with Crippen LogP contribution in [-0.2, 0) is 4.79 Å². The molecule has 4 heteroatoms. The molecule has 2 N–H and O–H groups in total. The highest BCUT2D eigenvalue weighted by atomic mass is 16.5. The smallest absolute Gasteiger partial charge is 0.309 e. The highest BCUT2D eigenvalue weighted by molar-refractivity contribution is 5.68. The number of hydrogen-bond acceptors (Lipinski definition) is 4. The van der Waals surface area contributed by atoms with Gasteiger partial charge in [0.25, 0.3) is 0 Å². The van der Waals surface area contributed by atoms with Crippen molar-refractivity contribution in [3.63, 3.8) is 0 Å². The zero-order valence-electron chi connectivity index (χ0n) is 6.07. The average Bonchev–Trinajstić information content (AvgIpc) is 1.85. The van der Waals surface area contributed by atoms with E-state index in [0.29, 0.717) is 5.82 Å². The van der Waals surface area contributed by atoms with Gasteiger partial charge in [-0.25, -0.2) is 0 Å². The minimum atomic E-state index is -0.400. The van der Waals surface area contributed by atoms with E-state index in [1.54, 1.807) is 18.2 Å². The molecule has 1 aromatic rings. The standard InChI is InChI=1S/C7H8N2O2/c1-5(10)11-7-4-2-3-6(8)9-7/h2-4H,1H3,(H2,8,9). The van der Waals surface area contributed by atoms with Gasteiger partial charge in [-0.1, -0.05) is 6.07 Å². The number of rotatable bonds is 1. The van der Waals surface area contributed by atoms with Crippen LogP contribution in [-0.4, -0.2) is 11.0 Å². The quantitative estimate of drug-likeness (QED) is 0.598. The monoisotopic (exact) mass is 152 g/mol. The van der Waals surface area contributed by atoms with Gasteiger partial charge in [0.2, 0.25) is 5.88 Å². The number of anilines is 1. The van der Waals surface area contributed by atoms with E-state index in [1.165, 1.54) is 6.92 Å². The fourth-order valence-electron chi connectivity index (χ4n) is 0.635. The highest BCUT2D eigenvalue weighted by Gasteiger charge is 1.97. The van der Waals surface area contributed by atoms with Gasteiger partial charge >= 0.3 is 5.97 Å². The van der Waals surface area contributed by atoms with Crippen molar-refractivity contribution < 1.29 is 9.53 Å². The largest absolute Gasteiger partial charge is 0.408 e. The molecular weight excluding hydrogens is 144 g/mol. The number of aromatic nitrogens is 1. The Hall–Kier alpha value is -1.58. The van der Waals surface area contributed by atoms with E-state index in [0.717, 1.165) is 0 Å². The zero-order chi connectivity index (χ0) is 8.27. The highest BCUT2D eigenvalue weighted by Crippen LogP contribution is 2.07. The number of nitrogens with two attached hydrogens (primary N) is 1. The molecule has 0 aromatic carbocycles. The molecule has 0 atom stereocenters. The van der Waals surface area contributed by atoms with Crippen LogP contribution < -0.4 is 10.5 Å². The van der Waals surface area contributed by atoms with Crippen molar-refractivity contribution in [3.8, 4) is 5.88 Å². The van der Waals surface area contributed by atoms with Crippen molar-refractivity contribution in [1.29, 1.82) is 0 Å². The zero-order valence-corrected chi connectivity index (χ0v) is 6.07. The van der Waals surface area contributed by atoms with E-state index in [-0.39, 0.29) is 5.88 Å². The summed E-state index contributed by atoms with van der Waals surface area (Å²) in [6.45, 7) is 1.31. The number of carbonyl (C=O) groups is 1. The predicted molar refractivity (Wildman–Crippen MR) is 40.0 cm³/mol. The average molecular weight is 152 g/mol. The van der Waals surface area contributed by atoms with Crippen molar-refractivity contribution in [2.24, 2.45) is 0 Å². The minimum absolute atomic E-state index is 0.234. The second-order valence-corrected chi connectivity index (χ2v) is 1.99. The normalized spacial score (nSPS) is 9.18. The minimum Gasteiger partial charge on any atom is -0.408 e. The molecule has 0 saturated heterocycles. The van der Waals surface area contributed by atoms with Gasteiger partial charge in [-0.3, -0.25) is 4.79 Å². The molecule has 0 fully saturated rings. The Morgan fingerprint density at radius 1 is 1.64 bits per heavy atom. The number of ether oxygens (including phenoxy) is 1. The molecule has 0 spiro atoms. The topological polar surface area (TPSA) is 65.2 Å². The van der Waals surface area contributed by atoms with Crippen molar-refractivity contribution in [3.05, 3.63) is 18.2 Å². The van der Waals surface area contributed by atoms with Gasteiger partial charge in [0.05, 0.1) is 0 Å². The van der Waals surface area contributed by atoms with E-state index in [2.05, 4.69) is 9.72 Å². The summed E-state index contributed by atoms with van der Waals surface area (Å²) in [4.78, 5) is 14.2. The molecule has 58 valence electrons. The molecule has 0 bridgehead atoms. The first-order chi connectivity index (χ1) is 5.18. The molecule has 1 aromatic heterocycles. The van der Waals surface area contributed by atoms with Crippen LogP contribution in [0, 0.1) is 0 Å². The van der Waals surface area contributed by atoms with Crippen molar-refractivity contribution >= 4 is 11.8 Å². The van der Waals surface area contributed by atoms with Crippen molar-refractivity contribution in [2.75, 3.05) is 5.73 Å². The van der Waals surface area contributed by atoms with Gasteiger partial charge < -0.3 is 10.5 Å². The second-order valence-electron chi connectivity index (χ2n) is 1.99. The Balaban J connectivity index is 2.79. The maximum absolute atomic E-state index is 10.4. The summed E-state index contributed by atoms with van der Waals surface area (Å²) in [7, 11) is 0. The van der Waals surface area contributed by atoms with Gasteiger partial charge in [0.15, 0.2) is 0 Å². The predicted octanol–water partition coefficient (Wildman–Crippen LogP) is 0.589. The summed E-state index contributed by atoms with van der Waals surface area (Å²) in [6.07, 6.45) is 0. The summed E-state index contributed by atoms with van der Waals surface area (Å²) in [5.74, 6) is 0.171. The van der Waals surface area contributed by atoms with Gasteiger partial charge in [0, 0.05) is 13.0 Å². The van der Waals surface area contributed by atoms with Gasteiger partial charge in [-0.15, -0.1) is 0 Å². The third kappa shape index (κ3) is 2.25. The van der Waals surface area contributed by atoms with Crippen LogP contribution in [0.1, 0.15) is 6.92 Å². The SMILES string of the molecule is CC(=O)Oc1cccc(N)n1. The molecule has 11 heavy (non-hydrogen) atoms. The molecule has 0 aliphatic heterocycles. The molecule has 1 heterocycles. The molecule has 0 aliphatic rings. The van der Waals surface area contributed by atoms with Crippen LogP contribution in [0.15, 0.2) is 18.2 Å². The summed E-state index contributed by atoms with van der Waals surface area (Å²) in [6, 6.07) is 4.85. The molecule has 0 unspecified atom stereocenters. The molecule has 4 nitrogen and oxygen atoms in total. The fourth-order valence-corrected chi connectivity index (χ4v) is 0.635. The molecule has 1 rings (SSSR count). The lowest BCUT2D eigenvalue weighted by atomic mass is 10.4. The number of nitrogen functional groups attached to an aromatic ring is 1. The Morgan fingerprint density at radius 2 is 2.36 bits per heavy atom. The van der Waals surface area contributed by atoms with E-state index in [1.807, 2.05) is 0 Å². The Labute approximate surface area is 64.0 Å². The van der Waals surface area contributed by atoms with E-state index >= 15 is 0 Å². The molecule has 0 amide bonds. The third-order valence-electron chi connectivity index (χ3n) is 0.993. The Bertz CT molecular complexity index is 273. The van der Waals surface area contributed by atoms with Gasteiger partial charge in [-0.05, 0) is 6.07 Å². The van der Waals surface area contributed by atoms with Crippen LogP contribution in [0.4, 0.5) is 5.82 Å². The molecular formula is C7H8N2O2. The van der Waals surface area contributed by atoms with Crippen LogP contribution in [0.2, 0.25) is 0 Å². The number of carbonyl (C=O) groups excluding carboxylic acids is 1. The molecule has 0 saturated carbocycles. The first kappa shape index (κ1) is 7.53. The first-order valence-corrected chi connectivity index (χ1v) is 3.09. The maximum atomic E-state index is 10.4.